The normalized spacial score (nSPS) is 12.7. The molecule has 0 aromatic carbocycles. The largest absolute Gasteiger partial charge is 0.300 e. The maximum Gasteiger partial charge on any atom is 0.0931 e. The van der Waals surface area contributed by atoms with E-state index >= 15 is 0 Å². The molecule has 0 saturated carbocycles. The molecule has 1 nitrogen and oxygen atoms in total. The molecule has 0 aliphatic rings. The Kier molecular flexibility index (Phi) is 4.82. The highest BCUT2D eigenvalue weighted by Gasteiger charge is 2.17. The summed E-state index contributed by atoms with van der Waals surface area (Å²) < 4.78 is 0.844. The standard InChI is InChI=1S/C16H16ClNS3/c1-10-8-12(20-11(10)2)9-18-16(13-4-3-7-19-13)14-5-6-15(17)21-14/h3-8,16,18H,9H2,1-2H3. The monoisotopic (exact) mass is 353 g/mol. The van der Waals surface area contributed by atoms with Gasteiger partial charge in [0.15, 0.2) is 0 Å². The number of thiophene rings is 3. The van der Waals surface area contributed by atoms with Crippen molar-refractivity contribution >= 4 is 45.6 Å². The number of halogens is 1. The number of hydrogen-bond acceptors (Lipinski definition) is 4. The summed E-state index contributed by atoms with van der Waals surface area (Å²) in [7, 11) is 0. The molecule has 21 heavy (non-hydrogen) atoms. The molecule has 0 bridgehead atoms. The first-order valence-corrected chi connectivity index (χ1v) is 9.60. The Hall–Kier alpha value is -0.650. The van der Waals surface area contributed by atoms with Crippen molar-refractivity contribution in [2.24, 2.45) is 0 Å². The summed E-state index contributed by atoms with van der Waals surface area (Å²) in [6, 6.07) is 10.9. The van der Waals surface area contributed by atoms with Gasteiger partial charge in [-0.3, -0.25) is 5.32 Å². The van der Waals surface area contributed by atoms with Crippen LogP contribution in [0.5, 0.6) is 0 Å². The fourth-order valence-corrected chi connectivity index (χ4v) is 5.27. The summed E-state index contributed by atoms with van der Waals surface area (Å²) in [6.07, 6.45) is 0. The summed E-state index contributed by atoms with van der Waals surface area (Å²) in [6.45, 7) is 5.24. The van der Waals surface area contributed by atoms with Crippen molar-refractivity contribution in [2.75, 3.05) is 0 Å². The van der Waals surface area contributed by atoms with Crippen molar-refractivity contribution < 1.29 is 0 Å². The van der Waals surface area contributed by atoms with E-state index < -0.39 is 0 Å². The lowest BCUT2D eigenvalue weighted by Gasteiger charge is -2.15. The minimum absolute atomic E-state index is 0.227. The molecule has 3 rings (SSSR count). The molecule has 0 aliphatic carbocycles. The summed E-state index contributed by atoms with van der Waals surface area (Å²) in [5.41, 5.74) is 1.38. The molecule has 3 aromatic heterocycles. The third-order valence-corrected chi connectivity index (χ3v) is 6.79. The number of nitrogens with one attached hydrogen (secondary N) is 1. The van der Waals surface area contributed by atoms with E-state index in [9.17, 15) is 0 Å². The second-order valence-corrected chi connectivity index (χ2v) is 8.99. The summed E-state index contributed by atoms with van der Waals surface area (Å²) >= 11 is 11.4. The van der Waals surface area contributed by atoms with Crippen LogP contribution in [0.4, 0.5) is 0 Å². The Labute approximate surface area is 142 Å². The minimum atomic E-state index is 0.227. The molecule has 0 fully saturated rings. The van der Waals surface area contributed by atoms with Crippen molar-refractivity contribution in [1.82, 2.24) is 5.32 Å². The fraction of sp³-hybridized carbons (Fsp3) is 0.250. The summed E-state index contributed by atoms with van der Waals surface area (Å²) in [4.78, 5) is 5.39. The minimum Gasteiger partial charge on any atom is -0.300 e. The van der Waals surface area contributed by atoms with Gasteiger partial charge in [0.05, 0.1) is 10.4 Å². The highest BCUT2D eigenvalue weighted by molar-refractivity contribution is 7.16. The smallest absolute Gasteiger partial charge is 0.0931 e. The Morgan fingerprint density at radius 3 is 2.57 bits per heavy atom. The molecule has 1 atom stereocenters. The van der Waals surface area contributed by atoms with Crippen molar-refractivity contribution in [1.29, 1.82) is 0 Å². The molecular weight excluding hydrogens is 338 g/mol. The van der Waals surface area contributed by atoms with Crippen LogP contribution in [-0.4, -0.2) is 0 Å². The van der Waals surface area contributed by atoms with Crippen molar-refractivity contribution in [3.63, 3.8) is 0 Å². The molecule has 5 heteroatoms. The lowest BCUT2D eigenvalue weighted by molar-refractivity contribution is 0.626. The van der Waals surface area contributed by atoms with Crippen LogP contribution in [0.1, 0.15) is 31.1 Å². The molecule has 1 N–H and O–H groups in total. The Balaban J connectivity index is 1.80. The van der Waals surface area contributed by atoms with Crippen LogP contribution in [0.25, 0.3) is 0 Å². The molecule has 0 amide bonds. The van der Waals surface area contributed by atoms with Crippen LogP contribution in [-0.2, 0) is 6.54 Å². The van der Waals surface area contributed by atoms with E-state index in [-0.39, 0.29) is 6.04 Å². The van der Waals surface area contributed by atoms with E-state index in [1.807, 2.05) is 17.4 Å². The Bertz CT molecular complexity index is 692. The number of hydrogen-bond donors (Lipinski definition) is 1. The summed E-state index contributed by atoms with van der Waals surface area (Å²) in [5.74, 6) is 0. The summed E-state index contributed by atoms with van der Waals surface area (Å²) in [5, 5.41) is 5.80. The van der Waals surface area contributed by atoms with E-state index in [2.05, 4.69) is 48.8 Å². The molecule has 1 unspecified atom stereocenters. The fourth-order valence-electron chi connectivity index (χ4n) is 2.22. The predicted octanol–water partition coefficient (Wildman–Crippen LogP) is 6.02. The van der Waals surface area contributed by atoms with E-state index in [0.29, 0.717) is 0 Å². The number of rotatable bonds is 5. The highest BCUT2D eigenvalue weighted by atomic mass is 35.5. The van der Waals surface area contributed by atoms with E-state index in [4.69, 9.17) is 11.6 Å². The molecule has 0 aliphatic heterocycles. The average molecular weight is 354 g/mol. The van der Waals surface area contributed by atoms with Gasteiger partial charge in [-0.15, -0.1) is 34.0 Å². The average Bonchev–Trinajstić information content (AvgIpc) is 3.15. The SMILES string of the molecule is Cc1cc(CNC(c2cccs2)c2ccc(Cl)s2)sc1C. The first kappa shape index (κ1) is 15.3. The zero-order valence-corrected chi connectivity index (χ0v) is 15.1. The van der Waals surface area contributed by atoms with Gasteiger partial charge in [-0.25, -0.2) is 0 Å². The number of aryl methyl sites for hydroxylation is 2. The third-order valence-electron chi connectivity index (χ3n) is 3.40. The van der Waals surface area contributed by atoms with Gasteiger partial charge < -0.3 is 0 Å². The van der Waals surface area contributed by atoms with Crippen LogP contribution in [0, 0.1) is 13.8 Å². The second-order valence-electron chi connectivity index (χ2n) is 4.92. The van der Waals surface area contributed by atoms with E-state index in [0.717, 1.165) is 10.9 Å². The van der Waals surface area contributed by atoms with Crippen LogP contribution in [0.3, 0.4) is 0 Å². The van der Waals surface area contributed by atoms with Crippen LogP contribution >= 0.6 is 45.6 Å². The van der Waals surface area contributed by atoms with E-state index in [1.165, 1.54) is 25.1 Å². The zero-order chi connectivity index (χ0) is 14.8. The Morgan fingerprint density at radius 2 is 2.00 bits per heavy atom. The molecule has 0 saturated heterocycles. The van der Waals surface area contributed by atoms with Gasteiger partial charge >= 0.3 is 0 Å². The second kappa shape index (κ2) is 6.63. The van der Waals surface area contributed by atoms with Crippen molar-refractivity contribution in [3.05, 3.63) is 65.1 Å². The molecule has 0 spiro atoms. The van der Waals surface area contributed by atoms with Gasteiger partial charge in [-0.1, -0.05) is 17.7 Å². The Morgan fingerprint density at radius 1 is 1.14 bits per heavy atom. The van der Waals surface area contributed by atoms with Gasteiger partial charge in [0.25, 0.3) is 0 Å². The first-order valence-electron chi connectivity index (χ1n) is 6.71. The van der Waals surface area contributed by atoms with Crippen LogP contribution < -0.4 is 5.32 Å². The highest BCUT2D eigenvalue weighted by Crippen LogP contribution is 2.33. The zero-order valence-electron chi connectivity index (χ0n) is 11.9. The predicted molar refractivity (Wildman–Crippen MR) is 96.1 cm³/mol. The maximum atomic E-state index is 6.10. The van der Waals surface area contributed by atoms with Gasteiger partial charge in [-0.2, -0.15) is 0 Å². The van der Waals surface area contributed by atoms with Crippen molar-refractivity contribution in [2.45, 2.75) is 26.4 Å². The van der Waals surface area contributed by atoms with Gasteiger partial charge in [0.2, 0.25) is 0 Å². The van der Waals surface area contributed by atoms with Crippen LogP contribution in [0.2, 0.25) is 4.34 Å². The third kappa shape index (κ3) is 3.58. The molecule has 0 radical (unpaired) electrons. The topological polar surface area (TPSA) is 12.0 Å². The van der Waals surface area contributed by atoms with Gasteiger partial charge in [0, 0.05) is 26.1 Å². The molecular formula is C16H16ClNS3. The van der Waals surface area contributed by atoms with Gasteiger partial charge in [0.1, 0.15) is 0 Å². The molecule has 110 valence electrons. The maximum absolute atomic E-state index is 6.10. The van der Waals surface area contributed by atoms with Gasteiger partial charge in [-0.05, 0) is 49.1 Å². The quantitative estimate of drug-likeness (QED) is 0.591. The van der Waals surface area contributed by atoms with Crippen molar-refractivity contribution in [3.8, 4) is 0 Å². The van der Waals surface area contributed by atoms with E-state index in [1.54, 1.807) is 22.7 Å². The lowest BCUT2D eigenvalue weighted by Crippen LogP contribution is -2.19. The van der Waals surface area contributed by atoms with Crippen LogP contribution in [0.15, 0.2) is 35.7 Å². The molecule has 3 aromatic rings. The first-order chi connectivity index (χ1) is 10.1. The molecule has 3 heterocycles. The lowest BCUT2D eigenvalue weighted by atomic mass is 10.2.